The van der Waals surface area contributed by atoms with E-state index in [1.54, 1.807) is 31.2 Å². The number of rotatable bonds is 7. The maximum Gasteiger partial charge on any atom is 1.00 e. The van der Waals surface area contributed by atoms with Gasteiger partial charge in [-0.15, -0.1) is 0 Å². The van der Waals surface area contributed by atoms with Crippen molar-refractivity contribution in [2.45, 2.75) is 13.3 Å². The van der Waals surface area contributed by atoms with Crippen LogP contribution in [0.2, 0.25) is 0 Å². The average Bonchev–Trinajstić information content (AvgIpc) is 2.79. The molecule has 0 saturated heterocycles. The molecule has 2 aromatic heterocycles. The molecule has 2 aromatic carbocycles. The maximum absolute atomic E-state index is 14.9. The minimum atomic E-state index is -4.02. The zero-order chi connectivity index (χ0) is 23.6. The number of nitrogens with one attached hydrogen (secondary N) is 1. The Balaban J connectivity index is 0.00000324. The van der Waals surface area contributed by atoms with Crippen LogP contribution in [-0.2, 0) is 16.6 Å². The monoisotopic (exact) mass is 492 g/mol. The number of nitrogens with zero attached hydrogens (tertiary/aromatic N) is 3. The Bertz CT molecular complexity index is 1500. The van der Waals surface area contributed by atoms with Crippen LogP contribution < -0.4 is 44.6 Å². The summed E-state index contributed by atoms with van der Waals surface area (Å²) < 4.78 is 54.7. The average molecular weight is 492 g/mol. The fraction of sp³-hybridized carbons (Fsp3) is 0.136. The van der Waals surface area contributed by atoms with Gasteiger partial charge in [0, 0.05) is 35.8 Å². The first kappa shape index (κ1) is 25.8. The van der Waals surface area contributed by atoms with Crippen LogP contribution in [0.3, 0.4) is 0 Å². The minimum absolute atomic E-state index is 0. The second kappa shape index (κ2) is 10.6. The number of fused-ring (bicyclic) bond motifs is 1. The molecule has 0 radical (unpaired) electrons. The normalized spacial score (nSPS) is 11.1. The molecule has 12 heteroatoms. The van der Waals surface area contributed by atoms with Crippen LogP contribution >= 0.6 is 0 Å². The van der Waals surface area contributed by atoms with Crippen LogP contribution in [0.5, 0.6) is 11.8 Å². The number of halogens is 1. The smallest absolute Gasteiger partial charge is 0.561 e. The molecule has 0 spiro atoms. The van der Waals surface area contributed by atoms with Gasteiger partial charge >= 0.3 is 41.2 Å². The van der Waals surface area contributed by atoms with E-state index in [4.69, 9.17) is 9.15 Å². The van der Waals surface area contributed by atoms with Crippen LogP contribution in [-0.4, -0.2) is 25.4 Å². The zero-order valence-electron chi connectivity index (χ0n) is 18.6. The van der Waals surface area contributed by atoms with Crippen LogP contribution in [0.25, 0.3) is 15.7 Å². The molecule has 4 aromatic rings. The van der Waals surface area contributed by atoms with Crippen LogP contribution in [0, 0.1) is 12.7 Å². The quantitative estimate of drug-likeness (QED) is 0.300. The molecule has 34 heavy (non-hydrogen) atoms. The largest absolute Gasteiger partial charge is 1.00 e. The van der Waals surface area contributed by atoms with E-state index in [9.17, 15) is 17.6 Å². The van der Waals surface area contributed by atoms with E-state index in [2.05, 4.69) is 14.7 Å². The molecule has 4 rings (SSSR count). The molecule has 0 fully saturated rings. The third kappa shape index (κ3) is 5.62. The molecule has 0 unspecified atom stereocenters. The topological polar surface area (TPSA) is 125 Å². The number of ether oxygens (including phenoxy) is 1. The maximum atomic E-state index is 14.9. The number of aromatic nitrogens is 2. The van der Waals surface area contributed by atoms with Crippen molar-refractivity contribution in [3.63, 3.8) is 0 Å². The summed E-state index contributed by atoms with van der Waals surface area (Å²) in [7, 11) is -2.85. The molecule has 0 aliphatic rings. The van der Waals surface area contributed by atoms with Crippen molar-refractivity contribution in [3.05, 3.63) is 92.5 Å². The summed E-state index contributed by atoms with van der Waals surface area (Å²) in [5.74, 6) is -0.447. The number of hydrogen-bond acceptors (Lipinski definition) is 7. The Kier molecular flexibility index (Phi) is 8.05. The van der Waals surface area contributed by atoms with Gasteiger partial charge in [0.1, 0.15) is 17.1 Å². The first-order valence-electron chi connectivity index (χ1n) is 9.72. The Morgan fingerprint density at radius 1 is 1.15 bits per heavy atom. The van der Waals surface area contributed by atoms with Gasteiger partial charge in [-0.3, -0.25) is 0 Å². The summed E-state index contributed by atoms with van der Waals surface area (Å²) in [5.41, 5.74) is 0.258. The molecule has 0 bridgehead atoms. The predicted octanol–water partition coefficient (Wildman–Crippen LogP) is 0.887. The van der Waals surface area contributed by atoms with Gasteiger partial charge in [0.25, 0.3) is 0 Å². The molecule has 0 aliphatic heterocycles. The third-order valence-corrected chi connectivity index (χ3v) is 5.87. The molecule has 9 nitrogen and oxygen atoms in total. The molecule has 0 amide bonds. The Morgan fingerprint density at radius 2 is 1.88 bits per heavy atom. The number of aryl methyl sites for hydroxylation is 1. The van der Waals surface area contributed by atoms with E-state index in [1.165, 1.54) is 37.6 Å². The second-order valence-electron chi connectivity index (χ2n) is 6.98. The van der Waals surface area contributed by atoms with E-state index in [0.717, 1.165) is 0 Å². The van der Waals surface area contributed by atoms with Crippen molar-refractivity contribution < 1.29 is 51.5 Å². The Morgan fingerprint density at radius 3 is 2.59 bits per heavy atom. The van der Waals surface area contributed by atoms with Crippen molar-refractivity contribution >= 4 is 26.9 Å². The van der Waals surface area contributed by atoms with Crippen molar-refractivity contribution in [2.75, 3.05) is 7.05 Å². The molecular weight excluding hydrogens is 474 g/mol. The first-order valence-corrected chi connectivity index (χ1v) is 11.2. The molecule has 0 atom stereocenters. The summed E-state index contributed by atoms with van der Waals surface area (Å²) >= 11 is 0. The molecular formula is C22H18FN4NaO5S. The van der Waals surface area contributed by atoms with Crippen LogP contribution in [0.15, 0.2) is 64.1 Å². The molecule has 0 aliphatic carbocycles. The van der Waals surface area contributed by atoms with Gasteiger partial charge in [-0.05, 0) is 43.3 Å². The van der Waals surface area contributed by atoms with E-state index in [-0.39, 0.29) is 58.8 Å². The van der Waals surface area contributed by atoms with E-state index in [1.807, 2.05) is 4.72 Å². The minimum Gasteiger partial charge on any atom is -0.561 e. The molecule has 0 saturated carbocycles. The van der Waals surface area contributed by atoms with E-state index >= 15 is 0 Å². The first-order chi connectivity index (χ1) is 15.8. The summed E-state index contributed by atoms with van der Waals surface area (Å²) in [5, 5.41) is 0.643. The second-order valence-corrected chi connectivity index (χ2v) is 8.52. The van der Waals surface area contributed by atoms with Gasteiger partial charge in [-0.2, -0.15) is 0 Å². The zero-order valence-corrected chi connectivity index (χ0v) is 21.4. The predicted molar refractivity (Wildman–Crippen MR) is 120 cm³/mol. The summed E-state index contributed by atoms with van der Waals surface area (Å²) in [4.78, 5) is 20.7. The van der Waals surface area contributed by atoms with Crippen molar-refractivity contribution in [2.24, 2.45) is 0 Å². The number of benzene rings is 2. The van der Waals surface area contributed by atoms with Crippen molar-refractivity contribution in [1.29, 1.82) is 0 Å². The van der Waals surface area contributed by atoms with Crippen molar-refractivity contribution in [3.8, 4) is 11.8 Å². The molecule has 2 heterocycles. The molecule has 1 N–H and O–H groups in total. The fourth-order valence-corrected chi connectivity index (χ4v) is 3.72. The van der Waals surface area contributed by atoms with Gasteiger partial charge in [-0.25, -0.2) is 32.3 Å². The van der Waals surface area contributed by atoms with Gasteiger partial charge in [-0.1, -0.05) is 23.9 Å². The standard InChI is InChI=1S/C22H18FN4O5S.Na/c1-13-16-8-7-15(31-22-25-9-4-10-26-22)12-19(16)32-21(28)17(13)11-14-5-3-6-18(20(14)23)27-33(29,30)24-2;/h3-10,12,24H,11H2,1-2H3;/q-1;+1. The van der Waals surface area contributed by atoms with Gasteiger partial charge in [0.05, 0.1) is 0 Å². The SMILES string of the molecule is CNS(=O)(=O)[N-]c1cccc(Cc2c(C)c3ccc(Oc4ncccn4)cc3oc2=O)c1F.[Na+]. The fourth-order valence-electron chi connectivity index (χ4n) is 3.22. The third-order valence-electron chi connectivity index (χ3n) is 4.91. The Labute approximate surface area is 216 Å². The van der Waals surface area contributed by atoms with Crippen molar-refractivity contribution in [1.82, 2.24) is 14.7 Å². The summed E-state index contributed by atoms with van der Waals surface area (Å²) in [6.07, 6.45) is 2.97. The van der Waals surface area contributed by atoms with E-state index < -0.39 is 21.7 Å². The Hall–Kier alpha value is -2.83. The van der Waals surface area contributed by atoms with Crippen LogP contribution in [0.4, 0.5) is 10.1 Å². The van der Waals surface area contributed by atoms with Gasteiger partial charge < -0.3 is 13.9 Å². The summed E-state index contributed by atoms with van der Waals surface area (Å²) in [6.45, 7) is 1.73. The van der Waals surface area contributed by atoms with Gasteiger partial charge in [0.2, 0.25) is 0 Å². The summed E-state index contributed by atoms with van der Waals surface area (Å²) in [6, 6.07) is 10.9. The van der Waals surface area contributed by atoms with Gasteiger partial charge in [0.15, 0.2) is 10.2 Å². The molecule has 170 valence electrons. The van der Waals surface area contributed by atoms with Crippen LogP contribution in [0.1, 0.15) is 16.7 Å². The number of hydrogen-bond donors (Lipinski definition) is 1. The van der Waals surface area contributed by atoms with E-state index in [0.29, 0.717) is 22.3 Å².